The maximum absolute atomic E-state index is 13.5. The van der Waals surface area contributed by atoms with Crippen LogP contribution in [0.2, 0.25) is 0 Å². The van der Waals surface area contributed by atoms with Gasteiger partial charge in [-0.15, -0.1) is 11.3 Å². The summed E-state index contributed by atoms with van der Waals surface area (Å²) in [6.45, 7) is 0.423. The Morgan fingerprint density at radius 1 is 1.20 bits per heavy atom. The van der Waals surface area contributed by atoms with Crippen LogP contribution in [0.25, 0.3) is 20.4 Å². The monoisotopic (exact) mass is 494 g/mol. The number of carbonyl (C=O) groups is 2. The van der Waals surface area contributed by atoms with Crippen LogP contribution in [0.4, 0.5) is 5.69 Å². The van der Waals surface area contributed by atoms with Crippen molar-refractivity contribution in [1.29, 1.82) is 0 Å². The van der Waals surface area contributed by atoms with Gasteiger partial charge < -0.3 is 14.8 Å². The molecule has 180 valence electrons. The number of fused-ring (bicyclic) bond motifs is 3. The van der Waals surface area contributed by atoms with E-state index in [-0.39, 0.29) is 19.2 Å². The number of esters is 1. The summed E-state index contributed by atoms with van der Waals surface area (Å²) in [7, 11) is 1.29. The van der Waals surface area contributed by atoms with Crippen molar-refractivity contribution in [2.24, 2.45) is 0 Å². The molecule has 1 saturated heterocycles. The Morgan fingerprint density at radius 2 is 2.00 bits per heavy atom. The lowest BCUT2D eigenvalue weighted by Gasteiger charge is -2.15. The summed E-state index contributed by atoms with van der Waals surface area (Å²) in [6.07, 6.45) is 3.04. The second-order valence-electron chi connectivity index (χ2n) is 8.17. The number of hydrogen-bond acceptors (Lipinski definition) is 8. The average molecular weight is 495 g/mol. The van der Waals surface area contributed by atoms with E-state index in [1.165, 1.54) is 35.1 Å². The smallest absolute Gasteiger partial charge is 0.337 e. The van der Waals surface area contributed by atoms with E-state index in [9.17, 15) is 19.2 Å². The normalized spacial score (nSPS) is 15.5. The van der Waals surface area contributed by atoms with Gasteiger partial charge in [0.15, 0.2) is 0 Å². The molecule has 35 heavy (non-hydrogen) atoms. The van der Waals surface area contributed by atoms with Crippen LogP contribution in [0, 0.1) is 0 Å². The number of anilines is 1. The number of benzene rings is 1. The first kappa shape index (κ1) is 22.9. The summed E-state index contributed by atoms with van der Waals surface area (Å²) in [4.78, 5) is 56.3. The zero-order valence-electron chi connectivity index (χ0n) is 18.9. The molecule has 0 bridgehead atoms. The maximum Gasteiger partial charge on any atom is 0.337 e. The molecular weight excluding hydrogens is 472 g/mol. The number of thiophene rings is 1. The van der Waals surface area contributed by atoms with Crippen LogP contribution < -0.4 is 16.6 Å². The molecule has 0 aliphatic carbocycles. The zero-order valence-corrected chi connectivity index (χ0v) is 19.7. The van der Waals surface area contributed by atoms with Crippen molar-refractivity contribution in [3.63, 3.8) is 0 Å². The number of carbonyl (C=O) groups excluding carboxylic acids is 2. The van der Waals surface area contributed by atoms with Gasteiger partial charge in [0.2, 0.25) is 5.91 Å². The van der Waals surface area contributed by atoms with Gasteiger partial charge in [0.05, 0.1) is 30.8 Å². The van der Waals surface area contributed by atoms with Crippen molar-refractivity contribution in [2.75, 3.05) is 19.0 Å². The second kappa shape index (κ2) is 9.43. The number of ether oxygens (including phenoxy) is 2. The molecule has 0 spiro atoms. The summed E-state index contributed by atoms with van der Waals surface area (Å²) in [5, 5.41) is 3.38. The van der Waals surface area contributed by atoms with Crippen LogP contribution in [0.5, 0.6) is 0 Å². The molecule has 0 radical (unpaired) electrons. The highest BCUT2D eigenvalue weighted by atomic mass is 32.1. The molecule has 11 heteroatoms. The fourth-order valence-corrected chi connectivity index (χ4v) is 5.33. The van der Waals surface area contributed by atoms with E-state index in [1.807, 2.05) is 0 Å². The Kier molecular flexibility index (Phi) is 6.18. The number of pyridine rings is 1. The molecule has 4 aromatic rings. The lowest BCUT2D eigenvalue weighted by molar-refractivity contribution is -0.116. The lowest BCUT2D eigenvalue weighted by Crippen LogP contribution is -2.43. The Balaban J connectivity index is 1.53. The molecule has 10 nitrogen and oxygen atoms in total. The van der Waals surface area contributed by atoms with Gasteiger partial charge in [-0.2, -0.15) is 0 Å². The first-order valence-electron chi connectivity index (χ1n) is 11.1. The Bertz CT molecular complexity index is 1550. The molecule has 1 N–H and O–H groups in total. The number of rotatable bonds is 6. The van der Waals surface area contributed by atoms with Gasteiger partial charge in [-0.05, 0) is 49.2 Å². The highest BCUT2D eigenvalue weighted by molar-refractivity contribution is 7.25. The predicted octanol–water partition coefficient (Wildman–Crippen LogP) is 2.38. The van der Waals surface area contributed by atoms with Crippen molar-refractivity contribution >= 4 is 49.3 Å². The van der Waals surface area contributed by atoms with E-state index in [0.29, 0.717) is 38.3 Å². The second-order valence-corrected chi connectivity index (χ2v) is 9.17. The van der Waals surface area contributed by atoms with Gasteiger partial charge in [0, 0.05) is 23.9 Å². The number of nitrogens with one attached hydrogen (secondary N) is 1. The fraction of sp³-hybridized carbons (Fsp3) is 0.292. The topological polar surface area (TPSA) is 122 Å². The number of nitrogens with zero attached hydrogens (tertiary/aromatic N) is 3. The molecule has 0 saturated carbocycles. The third kappa shape index (κ3) is 4.35. The van der Waals surface area contributed by atoms with Crippen molar-refractivity contribution in [3.05, 3.63) is 69.0 Å². The van der Waals surface area contributed by atoms with Gasteiger partial charge in [-0.25, -0.2) is 14.6 Å². The molecule has 5 rings (SSSR count). The molecular formula is C24H22N4O6S. The third-order valence-electron chi connectivity index (χ3n) is 5.91. The van der Waals surface area contributed by atoms with Crippen LogP contribution in [0.3, 0.4) is 0 Å². The van der Waals surface area contributed by atoms with Gasteiger partial charge in [-0.3, -0.25) is 18.7 Å². The summed E-state index contributed by atoms with van der Waals surface area (Å²) >= 11 is 1.20. The largest absolute Gasteiger partial charge is 0.465 e. The summed E-state index contributed by atoms with van der Waals surface area (Å²) in [5.41, 5.74) is 0.225. The van der Waals surface area contributed by atoms with Crippen LogP contribution in [0.15, 0.2) is 52.2 Å². The van der Waals surface area contributed by atoms with Crippen molar-refractivity contribution in [2.45, 2.75) is 32.0 Å². The van der Waals surface area contributed by atoms with Gasteiger partial charge >= 0.3 is 11.7 Å². The quantitative estimate of drug-likeness (QED) is 0.409. The predicted molar refractivity (Wildman–Crippen MR) is 131 cm³/mol. The number of methoxy groups -OCH3 is 1. The molecule has 1 aliphatic rings. The number of amides is 1. The molecule has 1 aliphatic heterocycles. The van der Waals surface area contributed by atoms with E-state index < -0.39 is 23.1 Å². The first-order chi connectivity index (χ1) is 17.0. The number of hydrogen-bond donors (Lipinski definition) is 1. The van der Waals surface area contributed by atoms with Crippen LogP contribution in [-0.4, -0.2) is 45.8 Å². The maximum atomic E-state index is 13.5. The average Bonchev–Trinajstić information content (AvgIpc) is 3.52. The SMILES string of the molecule is COC(=O)c1ccc(NC(=O)Cn2c(=O)n(C[C@@H]3CCCO3)c(=O)c3sc4ncccc4c32)cc1. The molecule has 1 aromatic carbocycles. The minimum atomic E-state index is -0.572. The zero-order chi connectivity index (χ0) is 24.5. The van der Waals surface area contributed by atoms with E-state index in [2.05, 4.69) is 15.0 Å². The summed E-state index contributed by atoms with van der Waals surface area (Å²) < 4.78 is 13.2. The summed E-state index contributed by atoms with van der Waals surface area (Å²) in [6, 6.07) is 9.72. The van der Waals surface area contributed by atoms with E-state index >= 15 is 0 Å². The molecule has 1 atom stereocenters. The fourth-order valence-electron chi connectivity index (χ4n) is 4.23. The van der Waals surface area contributed by atoms with Crippen molar-refractivity contribution in [1.82, 2.24) is 14.1 Å². The third-order valence-corrected chi connectivity index (χ3v) is 7.00. The van der Waals surface area contributed by atoms with Crippen LogP contribution in [-0.2, 0) is 27.4 Å². The molecule has 3 aromatic heterocycles. The van der Waals surface area contributed by atoms with Gasteiger partial charge in [0.25, 0.3) is 5.56 Å². The Hall–Kier alpha value is -3.83. The molecule has 0 unspecified atom stereocenters. The molecule has 1 amide bonds. The number of aromatic nitrogens is 3. The highest BCUT2D eigenvalue weighted by Gasteiger charge is 2.24. The summed E-state index contributed by atoms with van der Waals surface area (Å²) in [5.74, 6) is -0.937. The van der Waals surface area contributed by atoms with Crippen LogP contribution >= 0.6 is 11.3 Å². The highest BCUT2D eigenvalue weighted by Crippen LogP contribution is 2.29. The van der Waals surface area contributed by atoms with Crippen molar-refractivity contribution < 1.29 is 19.1 Å². The first-order valence-corrected chi connectivity index (χ1v) is 11.9. The van der Waals surface area contributed by atoms with Crippen LogP contribution in [0.1, 0.15) is 23.2 Å². The molecule has 1 fully saturated rings. The lowest BCUT2D eigenvalue weighted by atomic mass is 10.2. The van der Waals surface area contributed by atoms with E-state index in [0.717, 1.165) is 17.4 Å². The minimum Gasteiger partial charge on any atom is -0.465 e. The van der Waals surface area contributed by atoms with E-state index in [4.69, 9.17) is 4.74 Å². The van der Waals surface area contributed by atoms with Gasteiger partial charge in [-0.1, -0.05) is 0 Å². The standard InChI is InChI=1S/C24H22N4O6S/c1-33-23(31)14-6-8-15(9-7-14)26-18(29)13-27-19-17-5-2-10-25-21(17)35-20(19)22(30)28(24(27)32)12-16-4-3-11-34-16/h2,5-10,16H,3-4,11-13H2,1H3,(H,26,29)/t16-/m0/s1. The Morgan fingerprint density at radius 3 is 2.71 bits per heavy atom. The Labute approximate surface area is 202 Å². The van der Waals surface area contributed by atoms with E-state index in [1.54, 1.807) is 30.5 Å². The van der Waals surface area contributed by atoms with Gasteiger partial charge in [0.1, 0.15) is 16.1 Å². The molecule has 4 heterocycles. The van der Waals surface area contributed by atoms with Crippen molar-refractivity contribution in [3.8, 4) is 0 Å². The minimum absolute atomic E-state index is 0.131.